The van der Waals surface area contributed by atoms with Gasteiger partial charge in [-0.3, -0.25) is 0 Å². The van der Waals surface area contributed by atoms with Crippen molar-refractivity contribution in [1.29, 1.82) is 0 Å². The number of rotatable bonds is 0. The molecule has 0 aromatic rings. The third-order valence-corrected chi connectivity index (χ3v) is 2.11. The molecule has 64 valence electrons. The summed E-state index contributed by atoms with van der Waals surface area (Å²) in [5, 5.41) is 3.97. The Morgan fingerprint density at radius 1 is 0.667 bits per heavy atom. The van der Waals surface area contributed by atoms with E-state index >= 15 is 0 Å². The van der Waals surface area contributed by atoms with Crippen molar-refractivity contribution >= 4 is 23.9 Å². The molecule has 2 nitrogen and oxygen atoms in total. The fraction of sp³-hybridized carbons (Fsp3) is 0. The van der Waals surface area contributed by atoms with Crippen molar-refractivity contribution in [3.63, 3.8) is 0 Å². The highest BCUT2D eigenvalue weighted by molar-refractivity contribution is 8.00. The Morgan fingerprint density at radius 3 is 1.25 bits per heavy atom. The minimum absolute atomic E-state index is 1.58. The Labute approximate surface area is 81.1 Å². The lowest BCUT2D eigenvalue weighted by Gasteiger charge is -1.93. The first kappa shape index (κ1) is 9.35. The average Bonchev–Trinajstić information content (AvgIpc) is 2.24. The average molecular weight is 198 g/mol. The van der Waals surface area contributed by atoms with Gasteiger partial charge in [-0.05, 0) is 46.9 Å². The summed E-state index contributed by atoms with van der Waals surface area (Å²) >= 11 is 3.16. The van der Waals surface area contributed by atoms with Gasteiger partial charge in [0.25, 0.3) is 0 Å². The summed E-state index contributed by atoms with van der Waals surface area (Å²) in [6, 6.07) is 0. The van der Waals surface area contributed by atoms with Crippen LogP contribution in [0.3, 0.4) is 0 Å². The van der Waals surface area contributed by atoms with Crippen LogP contribution in [0.4, 0.5) is 0 Å². The highest BCUT2D eigenvalue weighted by atomic mass is 32.2. The number of allylic oxidation sites excluding steroid dienone is 4. The molecule has 0 radical (unpaired) electrons. The SMILES string of the molecule is C1=CNSC=C1.C1=CNSC=C1. The minimum Gasteiger partial charge on any atom is -0.333 e. The van der Waals surface area contributed by atoms with Gasteiger partial charge in [0.05, 0.1) is 0 Å². The number of nitrogens with one attached hydrogen (secondary N) is 2. The zero-order valence-corrected chi connectivity index (χ0v) is 8.07. The van der Waals surface area contributed by atoms with E-state index in [4.69, 9.17) is 0 Å². The van der Waals surface area contributed by atoms with E-state index < -0.39 is 0 Å². The Hall–Kier alpha value is -0.740. The van der Waals surface area contributed by atoms with Gasteiger partial charge in [0.1, 0.15) is 0 Å². The molecule has 0 unspecified atom stereocenters. The molecule has 2 heterocycles. The molecule has 2 aliphatic heterocycles. The lowest BCUT2D eigenvalue weighted by Crippen LogP contribution is -1.88. The van der Waals surface area contributed by atoms with Crippen molar-refractivity contribution in [3.05, 3.63) is 47.5 Å². The summed E-state index contributed by atoms with van der Waals surface area (Å²) < 4.78 is 5.87. The van der Waals surface area contributed by atoms with E-state index in [1.165, 1.54) is 0 Å². The van der Waals surface area contributed by atoms with E-state index in [1.54, 1.807) is 23.9 Å². The smallest absolute Gasteiger partial charge is 0.00756 e. The van der Waals surface area contributed by atoms with Crippen molar-refractivity contribution in [1.82, 2.24) is 9.44 Å². The van der Waals surface area contributed by atoms with Crippen LogP contribution >= 0.6 is 23.9 Å². The number of hydrogen-bond acceptors (Lipinski definition) is 4. The molecular weight excluding hydrogens is 188 g/mol. The maximum Gasteiger partial charge on any atom is 0.00756 e. The normalized spacial score (nSPS) is 17.3. The second-order valence-corrected chi connectivity index (χ2v) is 3.33. The van der Waals surface area contributed by atoms with Crippen LogP contribution in [0, 0.1) is 0 Å². The highest BCUT2D eigenvalue weighted by Gasteiger charge is 1.75. The van der Waals surface area contributed by atoms with E-state index in [-0.39, 0.29) is 0 Å². The highest BCUT2D eigenvalue weighted by Crippen LogP contribution is 1.99. The lowest BCUT2D eigenvalue weighted by atomic mass is 10.6. The van der Waals surface area contributed by atoms with Crippen LogP contribution in [0.25, 0.3) is 0 Å². The monoisotopic (exact) mass is 198 g/mol. The predicted molar refractivity (Wildman–Crippen MR) is 58.0 cm³/mol. The van der Waals surface area contributed by atoms with Crippen molar-refractivity contribution in [2.24, 2.45) is 0 Å². The molecule has 0 amide bonds. The van der Waals surface area contributed by atoms with E-state index in [0.29, 0.717) is 0 Å². The van der Waals surface area contributed by atoms with Gasteiger partial charge in [0.2, 0.25) is 0 Å². The van der Waals surface area contributed by atoms with Crippen molar-refractivity contribution in [2.45, 2.75) is 0 Å². The Bertz CT molecular complexity index is 171. The Balaban J connectivity index is 0.000000120. The molecule has 0 aromatic heterocycles. The van der Waals surface area contributed by atoms with Crippen LogP contribution < -0.4 is 9.44 Å². The fourth-order valence-corrected chi connectivity index (χ4v) is 1.33. The van der Waals surface area contributed by atoms with Gasteiger partial charge in [-0.2, -0.15) is 0 Å². The van der Waals surface area contributed by atoms with Crippen LogP contribution in [0.2, 0.25) is 0 Å². The minimum atomic E-state index is 1.58. The molecule has 2 aliphatic rings. The second-order valence-electron chi connectivity index (χ2n) is 1.85. The summed E-state index contributed by atoms with van der Waals surface area (Å²) in [4.78, 5) is 0. The van der Waals surface area contributed by atoms with Crippen LogP contribution in [0.1, 0.15) is 0 Å². The summed E-state index contributed by atoms with van der Waals surface area (Å²) in [6.45, 7) is 0. The molecule has 0 aliphatic carbocycles. The Kier molecular flexibility index (Phi) is 5.41. The summed E-state index contributed by atoms with van der Waals surface area (Å²) in [7, 11) is 0. The van der Waals surface area contributed by atoms with E-state index in [0.717, 1.165) is 0 Å². The first-order chi connectivity index (χ1) is 6.00. The van der Waals surface area contributed by atoms with Crippen LogP contribution in [-0.4, -0.2) is 0 Å². The molecule has 2 N–H and O–H groups in total. The van der Waals surface area contributed by atoms with Crippen LogP contribution in [-0.2, 0) is 0 Å². The van der Waals surface area contributed by atoms with Crippen molar-refractivity contribution in [2.75, 3.05) is 0 Å². The molecule has 12 heavy (non-hydrogen) atoms. The number of hydrogen-bond donors (Lipinski definition) is 2. The maximum absolute atomic E-state index is 2.93. The van der Waals surface area contributed by atoms with Gasteiger partial charge >= 0.3 is 0 Å². The van der Waals surface area contributed by atoms with E-state index in [1.807, 2.05) is 47.5 Å². The second kappa shape index (κ2) is 6.94. The molecule has 0 fully saturated rings. The van der Waals surface area contributed by atoms with Gasteiger partial charge in [-0.25, -0.2) is 0 Å². The zero-order chi connectivity index (χ0) is 8.49. The molecule has 0 aromatic carbocycles. The van der Waals surface area contributed by atoms with Gasteiger partial charge in [-0.1, -0.05) is 12.2 Å². The third-order valence-electron chi connectivity index (χ3n) is 0.980. The first-order valence-corrected chi connectivity index (χ1v) is 5.22. The van der Waals surface area contributed by atoms with E-state index in [9.17, 15) is 0 Å². The molecule has 0 saturated heterocycles. The molecule has 0 bridgehead atoms. The predicted octanol–water partition coefficient (Wildman–Crippen LogP) is 2.53. The van der Waals surface area contributed by atoms with Gasteiger partial charge in [0, 0.05) is 12.4 Å². The molecular formula is C8H10N2S2. The van der Waals surface area contributed by atoms with E-state index in [2.05, 4.69) is 9.44 Å². The summed E-state index contributed by atoms with van der Waals surface area (Å²) in [5.41, 5.74) is 0. The Morgan fingerprint density at radius 2 is 1.17 bits per heavy atom. The van der Waals surface area contributed by atoms with Gasteiger partial charge in [-0.15, -0.1) is 0 Å². The molecule has 0 atom stereocenters. The summed E-state index contributed by atoms with van der Waals surface area (Å²) in [6.07, 6.45) is 11.7. The van der Waals surface area contributed by atoms with Crippen molar-refractivity contribution in [3.8, 4) is 0 Å². The molecule has 0 spiro atoms. The van der Waals surface area contributed by atoms with Gasteiger partial charge in [0.15, 0.2) is 0 Å². The largest absolute Gasteiger partial charge is 0.333 e. The zero-order valence-electron chi connectivity index (χ0n) is 6.44. The summed E-state index contributed by atoms with van der Waals surface area (Å²) in [5.74, 6) is 0. The van der Waals surface area contributed by atoms with Crippen molar-refractivity contribution < 1.29 is 0 Å². The third kappa shape index (κ3) is 4.98. The van der Waals surface area contributed by atoms with Crippen LogP contribution in [0.15, 0.2) is 47.5 Å². The first-order valence-electron chi connectivity index (χ1n) is 3.46. The molecule has 4 heteroatoms. The van der Waals surface area contributed by atoms with Crippen LogP contribution in [0.5, 0.6) is 0 Å². The maximum atomic E-state index is 2.93. The van der Waals surface area contributed by atoms with Gasteiger partial charge < -0.3 is 9.44 Å². The quantitative estimate of drug-likeness (QED) is 0.584. The molecule has 2 rings (SSSR count). The lowest BCUT2D eigenvalue weighted by molar-refractivity contribution is 1.42. The molecule has 0 saturated carbocycles. The standard InChI is InChI=1S/2C4H5NS/c2*1-2-4-6-5-3-1/h2*1-5H. The topological polar surface area (TPSA) is 24.1 Å². The fourth-order valence-electron chi connectivity index (χ4n) is 0.516.